The van der Waals surface area contributed by atoms with Crippen molar-refractivity contribution in [1.29, 1.82) is 0 Å². The average molecular weight is 288 g/mol. The van der Waals surface area contributed by atoms with Crippen LogP contribution in [-0.2, 0) is 11.2 Å². The van der Waals surface area contributed by atoms with Gasteiger partial charge in [0.1, 0.15) is 0 Å². The lowest BCUT2D eigenvalue weighted by atomic mass is 10.1. The Bertz CT molecular complexity index is 656. The van der Waals surface area contributed by atoms with Gasteiger partial charge in [0.25, 0.3) is 5.91 Å². The Morgan fingerprint density at radius 3 is 2.62 bits per heavy atom. The molecule has 1 amide bonds. The molecule has 0 bridgehead atoms. The predicted molar refractivity (Wildman–Crippen MR) is 74.5 cm³/mol. The van der Waals surface area contributed by atoms with Crippen LogP contribution in [-0.4, -0.2) is 22.0 Å². The number of aryl methyl sites for hydroxylation is 1. The van der Waals surface area contributed by atoms with Crippen molar-refractivity contribution in [2.45, 2.75) is 12.8 Å². The molecule has 0 fully saturated rings. The fraction of sp³-hybridized carbons (Fsp3) is 0.133. The quantitative estimate of drug-likeness (QED) is 0.828. The van der Waals surface area contributed by atoms with Gasteiger partial charge < -0.3 is 10.4 Å². The van der Waals surface area contributed by atoms with Gasteiger partial charge in [-0.1, -0.05) is 18.2 Å². The van der Waals surface area contributed by atoms with Crippen LogP contribution < -0.4 is 5.32 Å². The third-order valence-electron chi connectivity index (χ3n) is 2.86. The molecule has 0 aliphatic carbocycles. The highest BCUT2D eigenvalue weighted by Crippen LogP contribution is 2.18. The molecule has 1 aromatic heterocycles. The normalized spacial score (nSPS) is 10.1. The average Bonchev–Trinajstić information content (AvgIpc) is 2.47. The van der Waals surface area contributed by atoms with Crippen LogP contribution in [0.25, 0.3) is 0 Å². The molecule has 0 spiro atoms. The molecule has 5 nitrogen and oxygen atoms in total. The number of carboxylic acids is 1. The second kappa shape index (κ2) is 6.60. The highest BCUT2D eigenvalue weighted by atomic mass is 19.1. The van der Waals surface area contributed by atoms with E-state index in [1.165, 1.54) is 6.07 Å². The number of hydrogen-bond donors (Lipinski definition) is 2. The van der Waals surface area contributed by atoms with E-state index in [2.05, 4.69) is 10.3 Å². The first kappa shape index (κ1) is 14.6. The van der Waals surface area contributed by atoms with E-state index in [9.17, 15) is 14.0 Å². The predicted octanol–water partition coefficient (Wildman–Crippen LogP) is 2.49. The summed E-state index contributed by atoms with van der Waals surface area (Å²) in [6.45, 7) is 0. The minimum Gasteiger partial charge on any atom is -0.481 e. The van der Waals surface area contributed by atoms with Crippen LogP contribution in [0.4, 0.5) is 10.1 Å². The van der Waals surface area contributed by atoms with Crippen molar-refractivity contribution in [3.05, 3.63) is 59.7 Å². The maximum Gasteiger partial charge on any atom is 0.303 e. The first-order valence-corrected chi connectivity index (χ1v) is 6.29. The number of para-hydroxylation sites is 1. The Morgan fingerprint density at radius 1 is 1.19 bits per heavy atom. The summed E-state index contributed by atoms with van der Waals surface area (Å²) >= 11 is 0. The van der Waals surface area contributed by atoms with Crippen molar-refractivity contribution < 1.29 is 19.1 Å². The Kier molecular flexibility index (Phi) is 4.61. The highest BCUT2D eigenvalue weighted by molar-refractivity contribution is 6.04. The SMILES string of the molecule is O=C(O)CCc1ccccc1NC(=O)c1ccc(F)nc1. The summed E-state index contributed by atoms with van der Waals surface area (Å²) in [7, 11) is 0. The molecule has 0 saturated heterocycles. The number of carbonyl (C=O) groups is 2. The Hall–Kier alpha value is -2.76. The maximum absolute atomic E-state index is 12.7. The minimum atomic E-state index is -0.904. The second-order valence-corrected chi connectivity index (χ2v) is 4.37. The second-order valence-electron chi connectivity index (χ2n) is 4.37. The molecule has 2 N–H and O–H groups in total. The van der Waals surface area contributed by atoms with Crippen molar-refractivity contribution in [2.24, 2.45) is 0 Å². The molecule has 0 aliphatic rings. The van der Waals surface area contributed by atoms with E-state index >= 15 is 0 Å². The van der Waals surface area contributed by atoms with Gasteiger partial charge in [-0.25, -0.2) is 4.98 Å². The number of carbonyl (C=O) groups excluding carboxylic acids is 1. The van der Waals surface area contributed by atoms with Gasteiger partial charge in [0.15, 0.2) is 0 Å². The summed E-state index contributed by atoms with van der Waals surface area (Å²) in [5, 5.41) is 11.4. The molecule has 21 heavy (non-hydrogen) atoms. The summed E-state index contributed by atoms with van der Waals surface area (Å²) in [6, 6.07) is 9.38. The van der Waals surface area contributed by atoms with Crippen LogP contribution in [0.1, 0.15) is 22.3 Å². The molecule has 2 aromatic rings. The van der Waals surface area contributed by atoms with Gasteiger partial charge >= 0.3 is 5.97 Å². The number of pyridine rings is 1. The van der Waals surface area contributed by atoms with E-state index in [-0.39, 0.29) is 12.0 Å². The largest absolute Gasteiger partial charge is 0.481 e. The molecule has 0 atom stereocenters. The van der Waals surface area contributed by atoms with E-state index in [1.54, 1.807) is 24.3 Å². The number of benzene rings is 1. The number of amides is 1. The van der Waals surface area contributed by atoms with Crippen molar-refractivity contribution in [1.82, 2.24) is 4.98 Å². The van der Waals surface area contributed by atoms with Gasteiger partial charge in [-0.05, 0) is 30.2 Å². The number of aromatic nitrogens is 1. The van der Waals surface area contributed by atoms with Gasteiger partial charge in [0.05, 0.1) is 5.56 Å². The molecule has 6 heteroatoms. The lowest BCUT2D eigenvalue weighted by Crippen LogP contribution is -2.14. The van der Waals surface area contributed by atoms with E-state index in [1.807, 2.05) is 0 Å². The zero-order valence-corrected chi connectivity index (χ0v) is 11.0. The number of rotatable bonds is 5. The van der Waals surface area contributed by atoms with Crippen LogP contribution in [0.2, 0.25) is 0 Å². The topological polar surface area (TPSA) is 79.3 Å². The first-order chi connectivity index (χ1) is 10.1. The standard InChI is InChI=1S/C15H13FN2O3/c16-13-7-5-11(9-17-13)15(21)18-12-4-2-1-3-10(12)6-8-14(19)20/h1-5,7,9H,6,8H2,(H,18,21)(H,19,20). The van der Waals surface area contributed by atoms with Crippen LogP contribution in [0.3, 0.4) is 0 Å². The summed E-state index contributed by atoms with van der Waals surface area (Å²) in [5.41, 5.74) is 1.49. The third kappa shape index (κ3) is 4.10. The number of hydrogen-bond acceptors (Lipinski definition) is 3. The van der Waals surface area contributed by atoms with Crippen molar-refractivity contribution in [2.75, 3.05) is 5.32 Å². The summed E-state index contributed by atoms with van der Waals surface area (Å²) in [4.78, 5) is 26.1. The lowest BCUT2D eigenvalue weighted by Gasteiger charge is -2.10. The fourth-order valence-electron chi connectivity index (χ4n) is 1.81. The van der Waals surface area contributed by atoms with Crippen LogP contribution in [0, 0.1) is 5.95 Å². The van der Waals surface area contributed by atoms with E-state index in [0.717, 1.165) is 17.8 Å². The van der Waals surface area contributed by atoms with E-state index in [0.29, 0.717) is 12.1 Å². The monoisotopic (exact) mass is 288 g/mol. The number of nitrogens with zero attached hydrogens (tertiary/aromatic N) is 1. The summed E-state index contributed by atoms with van der Waals surface area (Å²) in [5.74, 6) is -1.99. The molecule has 108 valence electrons. The van der Waals surface area contributed by atoms with Crippen LogP contribution in [0.5, 0.6) is 0 Å². The number of nitrogens with one attached hydrogen (secondary N) is 1. The van der Waals surface area contributed by atoms with Gasteiger partial charge in [-0.3, -0.25) is 9.59 Å². The Morgan fingerprint density at radius 2 is 1.95 bits per heavy atom. The fourth-order valence-corrected chi connectivity index (χ4v) is 1.81. The minimum absolute atomic E-state index is 0.0228. The first-order valence-electron chi connectivity index (χ1n) is 6.29. The van der Waals surface area contributed by atoms with Crippen molar-refractivity contribution >= 4 is 17.6 Å². The summed E-state index contributed by atoms with van der Waals surface area (Å²) in [6.07, 6.45) is 1.43. The van der Waals surface area contributed by atoms with Crippen molar-refractivity contribution in [3.8, 4) is 0 Å². The highest BCUT2D eigenvalue weighted by Gasteiger charge is 2.10. The van der Waals surface area contributed by atoms with Gasteiger partial charge in [0, 0.05) is 18.3 Å². The Balaban J connectivity index is 2.13. The van der Waals surface area contributed by atoms with Gasteiger partial charge in [0.2, 0.25) is 5.95 Å². The summed E-state index contributed by atoms with van der Waals surface area (Å²) < 4.78 is 12.7. The smallest absolute Gasteiger partial charge is 0.303 e. The zero-order valence-electron chi connectivity index (χ0n) is 11.0. The maximum atomic E-state index is 12.7. The van der Waals surface area contributed by atoms with Crippen molar-refractivity contribution in [3.63, 3.8) is 0 Å². The number of halogens is 1. The molecule has 2 rings (SSSR count). The van der Waals surface area contributed by atoms with E-state index < -0.39 is 17.8 Å². The molecular formula is C15H13FN2O3. The van der Waals surface area contributed by atoms with E-state index in [4.69, 9.17) is 5.11 Å². The number of anilines is 1. The number of carboxylic acid groups (broad SMARTS) is 1. The molecular weight excluding hydrogens is 275 g/mol. The molecule has 0 radical (unpaired) electrons. The molecule has 1 heterocycles. The lowest BCUT2D eigenvalue weighted by molar-refractivity contribution is -0.136. The number of aliphatic carboxylic acids is 1. The molecule has 0 aliphatic heterocycles. The van der Waals surface area contributed by atoms with Gasteiger partial charge in [-0.2, -0.15) is 4.39 Å². The van der Waals surface area contributed by atoms with Gasteiger partial charge in [-0.15, -0.1) is 0 Å². The molecule has 0 saturated carbocycles. The third-order valence-corrected chi connectivity index (χ3v) is 2.86. The van der Waals surface area contributed by atoms with Crippen LogP contribution >= 0.6 is 0 Å². The Labute approximate surface area is 120 Å². The zero-order chi connectivity index (χ0) is 15.2. The molecule has 0 unspecified atom stereocenters. The van der Waals surface area contributed by atoms with Crippen LogP contribution in [0.15, 0.2) is 42.6 Å². The molecule has 1 aromatic carbocycles.